The van der Waals surface area contributed by atoms with Crippen LogP contribution in [0.2, 0.25) is 5.02 Å². The van der Waals surface area contributed by atoms with Gasteiger partial charge in [-0.1, -0.05) is 17.7 Å². The van der Waals surface area contributed by atoms with Crippen LogP contribution in [0.4, 0.5) is 16.2 Å². The number of ether oxygens (including phenoxy) is 1. The van der Waals surface area contributed by atoms with E-state index in [0.717, 1.165) is 18.7 Å². The van der Waals surface area contributed by atoms with Gasteiger partial charge < -0.3 is 19.9 Å². The minimum atomic E-state index is -0.116. The number of halogens is 1. The minimum Gasteiger partial charge on any atom is -0.495 e. The number of hydrogen-bond acceptors (Lipinski definition) is 3. The number of aryl methyl sites for hydroxylation is 3. The molecule has 2 aromatic rings. The summed E-state index contributed by atoms with van der Waals surface area (Å²) in [4.78, 5) is 16.8. The van der Waals surface area contributed by atoms with Gasteiger partial charge in [0.15, 0.2) is 0 Å². The normalized spacial score (nSPS) is 14.3. The van der Waals surface area contributed by atoms with E-state index in [1.165, 1.54) is 16.8 Å². The molecule has 1 fully saturated rings. The molecule has 0 aliphatic carbocycles. The molecule has 0 bridgehead atoms. The molecule has 3 rings (SSSR count). The van der Waals surface area contributed by atoms with Crippen LogP contribution in [0.3, 0.4) is 0 Å². The van der Waals surface area contributed by atoms with Gasteiger partial charge in [-0.2, -0.15) is 0 Å². The lowest BCUT2D eigenvalue weighted by Crippen LogP contribution is -2.50. The second kappa shape index (κ2) is 8.09. The molecule has 1 aliphatic heterocycles. The Bertz CT molecular complexity index is 846. The number of benzene rings is 2. The van der Waals surface area contributed by atoms with Gasteiger partial charge in [-0.25, -0.2) is 4.79 Å². The molecule has 0 saturated carbocycles. The Morgan fingerprint density at radius 3 is 2.33 bits per heavy atom. The van der Waals surface area contributed by atoms with E-state index in [-0.39, 0.29) is 6.03 Å². The van der Waals surface area contributed by atoms with Gasteiger partial charge in [-0.3, -0.25) is 0 Å². The van der Waals surface area contributed by atoms with E-state index in [1.807, 2.05) is 17.9 Å². The lowest BCUT2D eigenvalue weighted by atomic mass is 10.1. The topological polar surface area (TPSA) is 44.8 Å². The van der Waals surface area contributed by atoms with Crippen LogP contribution in [-0.4, -0.2) is 44.2 Å². The van der Waals surface area contributed by atoms with E-state index >= 15 is 0 Å². The number of carbonyl (C=O) groups excluding carboxylic acids is 1. The number of hydrogen-bond donors (Lipinski definition) is 1. The molecule has 144 valence electrons. The standard InChI is InChI=1S/C21H26ClN3O2/c1-14-5-6-17(11-15(14)2)24-7-9-25(10-8-24)21(26)23-19-12-16(3)18(22)13-20(19)27-4/h5-6,11-13H,7-10H2,1-4H3,(H,23,26). The van der Waals surface area contributed by atoms with Crippen LogP contribution in [0.15, 0.2) is 30.3 Å². The van der Waals surface area contributed by atoms with Crippen molar-refractivity contribution >= 4 is 29.0 Å². The van der Waals surface area contributed by atoms with E-state index in [0.29, 0.717) is 29.5 Å². The second-order valence-electron chi connectivity index (χ2n) is 6.97. The molecule has 1 N–H and O–H groups in total. The third kappa shape index (κ3) is 4.30. The van der Waals surface area contributed by atoms with E-state index in [9.17, 15) is 4.79 Å². The molecule has 0 aromatic heterocycles. The zero-order valence-electron chi connectivity index (χ0n) is 16.3. The summed E-state index contributed by atoms with van der Waals surface area (Å²) in [6, 6.07) is 9.97. The number of urea groups is 1. The second-order valence-corrected chi connectivity index (χ2v) is 7.38. The van der Waals surface area contributed by atoms with Crippen LogP contribution in [0, 0.1) is 20.8 Å². The summed E-state index contributed by atoms with van der Waals surface area (Å²) in [5, 5.41) is 3.57. The Morgan fingerprint density at radius 2 is 1.70 bits per heavy atom. The zero-order chi connectivity index (χ0) is 19.6. The van der Waals surface area contributed by atoms with Gasteiger partial charge in [0.2, 0.25) is 0 Å². The third-order valence-corrected chi connectivity index (χ3v) is 5.55. The summed E-state index contributed by atoms with van der Waals surface area (Å²) in [5.41, 5.74) is 5.34. The average molecular weight is 388 g/mol. The molecule has 1 saturated heterocycles. The van der Waals surface area contributed by atoms with E-state index in [4.69, 9.17) is 16.3 Å². The summed E-state index contributed by atoms with van der Waals surface area (Å²) in [5.74, 6) is 0.563. The molecule has 5 nitrogen and oxygen atoms in total. The highest BCUT2D eigenvalue weighted by molar-refractivity contribution is 6.31. The molecule has 6 heteroatoms. The lowest BCUT2D eigenvalue weighted by Gasteiger charge is -2.36. The van der Waals surface area contributed by atoms with Gasteiger partial charge in [-0.15, -0.1) is 0 Å². The van der Waals surface area contributed by atoms with Crippen molar-refractivity contribution in [3.8, 4) is 5.75 Å². The number of methoxy groups -OCH3 is 1. The Balaban J connectivity index is 1.63. The SMILES string of the molecule is COc1cc(Cl)c(C)cc1NC(=O)N1CCN(c2ccc(C)c(C)c2)CC1. The largest absolute Gasteiger partial charge is 0.495 e. The van der Waals surface area contributed by atoms with Gasteiger partial charge in [0, 0.05) is 43.0 Å². The predicted molar refractivity (Wildman–Crippen MR) is 111 cm³/mol. The maximum Gasteiger partial charge on any atom is 0.322 e. The highest BCUT2D eigenvalue weighted by Crippen LogP contribution is 2.31. The van der Waals surface area contributed by atoms with Crippen molar-refractivity contribution in [2.24, 2.45) is 0 Å². The number of anilines is 2. The van der Waals surface area contributed by atoms with Gasteiger partial charge >= 0.3 is 6.03 Å². The molecule has 0 radical (unpaired) electrons. The Labute approximate surface area is 165 Å². The zero-order valence-corrected chi connectivity index (χ0v) is 17.1. The Morgan fingerprint density at radius 1 is 1.00 bits per heavy atom. The van der Waals surface area contributed by atoms with Gasteiger partial charge in [0.1, 0.15) is 5.75 Å². The molecule has 0 spiro atoms. The number of nitrogens with zero attached hydrogens (tertiary/aromatic N) is 2. The summed E-state index contributed by atoms with van der Waals surface area (Å²) in [7, 11) is 1.57. The molecule has 2 aromatic carbocycles. The molecule has 1 aliphatic rings. The maximum atomic E-state index is 12.7. The molecular formula is C21H26ClN3O2. The minimum absolute atomic E-state index is 0.116. The Hall–Kier alpha value is -2.40. The van der Waals surface area contributed by atoms with Crippen molar-refractivity contribution in [1.29, 1.82) is 0 Å². The number of carbonyl (C=O) groups is 1. The number of nitrogens with one attached hydrogen (secondary N) is 1. The fourth-order valence-electron chi connectivity index (χ4n) is 3.21. The smallest absolute Gasteiger partial charge is 0.322 e. The number of piperazine rings is 1. The molecular weight excluding hydrogens is 362 g/mol. The monoisotopic (exact) mass is 387 g/mol. The molecule has 0 atom stereocenters. The van der Waals surface area contributed by atoms with E-state index in [1.54, 1.807) is 13.2 Å². The first kappa shape index (κ1) is 19.4. The third-order valence-electron chi connectivity index (χ3n) is 5.14. The van der Waals surface area contributed by atoms with Crippen LogP contribution in [-0.2, 0) is 0 Å². The maximum absolute atomic E-state index is 12.7. The van der Waals surface area contributed by atoms with Gasteiger partial charge in [0.25, 0.3) is 0 Å². The molecule has 27 heavy (non-hydrogen) atoms. The highest BCUT2D eigenvalue weighted by Gasteiger charge is 2.22. The van der Waals surface area contributed by atoms with Crippen molar-refractivity contribution in [1.82, 2.24) is 4.90 Å². The highest BCUT2D eigenvalue weighted by atomic mass is 35.5. The van der Waals surface area contributed by atoms with Crippen molar-refractivity contribution in [3.05, 3.63) is 52.0 Å². The van der Waals surface area contributed by atoms with Crippen molar-refractivity contribution < 1.29 is 9.53 Å². The van der Waals surface area contributed by atoms with Crippen molar-refractivity contribution in [2.45, 2.75) is 20.8 Å². The van der Waals surface area contributed by atoms with Gasteiger partial charge in [-0.05, 0) is 55.7 Å². The fourth-order valence-corrected chi connectivity index (χ4v) is 3.37. The predicted octanol–water partition coefficient (Wildman–Crippen LogP) is 4.63. The summed E-state index contributed by atoms with van der Waals surface area (Å²) >= 11 is 6.14. The van der Waals surface area contributed by atoms with E-state index < -0.39 is 0 Å². The number of amides is 2. The molecule has 1 heterocycles. The fraction of sp³-hybridized carbons (Fsp3) is 0.381. The molecule has 2 amide bonds. The first-order chi connectivity index (χ1) is 12.9. The quantitative estimate of drug-likeness (QED) is 0.835. The Kier molecular flexibility index (Phi) is 5.80. The summed E-state index contributed by atoms with van der Waals surface area (Å²) < 4.78 is 5.34. The van der Waals surface area contributed by atoms with Gasteiger partial charge in [0.05, 0.1) is 12.8 Å². The van der Waals surface area contributed by atoms with Crippen molar-refractivity contribution in [2.75, 3.05) is 43.5 Å². The van der Waals surface area contributed by atoms with E-state index in [2.05, 4.69) is 42.3 Å². The first-order valence-corrected chi connectivity index (χ1v) is 9.49. The average Bonchev–Trinajstić information content (AvgIpc) is 2.66. The van der Waals surface area contributed by atoms with Crippen LogP contribution in [0.25, 0.3) is 0 Å². The first-order valence-electron chi connectivity index (χ1n) is 9.11. The van der Waals surface area contributed by atoms with Crippen LogP contribution >= 0.6 is 11.6 Å². The van der Waals surface area contributed by atoms with Crippen LogP contribution in [0.1, 0.15) is 16.7 Å². The number of rotatable bonds is 3. The van der Waals surface area contributed by atoms with Crippen LogP contribution in [0.5, 0.6) is 5.75 Å². The summed E-state index contributed by atoms with van der Waals surface area (Å²) in [6.45, 7) is 9.12. The van der Waals surface area contributed by atoms with Crippen LogP contribution < -0.4 is 15.0 Å². The lowest BCUT2D eigenvalue weighted by molar-refractivity contribution is 0.208. The van der Waals surface area contributed by atoms with Crippen molar-refractivity contribution in [3.63, 3.8) is 0 Å². The molecule has 0 unspecified atom stereocenters. The summed E-state index contributed by atoms with van der Waals surface area (Å²) in [6.07, 6.45) is 0.